The minimum atomic E-state index is -0.252. The summed E-state index contributed by atoms with van der Waals surface area (Å²) in [6, 6.07) is 20.2. The van der Waals surface area contributed by atoms with Crippen LogP contribution in [0, 0.1) is 0 Å². The summed E-state index contributed by atoms with van der Waals surface area (Å²) in [6.45, 7) is 0.680. The van der Waals surface area contributed by atoms with Crippen LogP contribution in [-0.2, 0) is 6.42 Å². The van der Waals surface area contributed by atoms with Crippen molar-refractivity contribution in [1.82, 2.24) is 0 Å². The lowest BCUT2D eigenvalue weighted by molar-refractivity contribution is 0.0988. The average Bonchev–Trinajstić information content (AvgIpc) is 3.54. The Morgan fingerprint density at radius 2 is 1.65 bits per heavy atom. The summed E-state index contributed by atoms with van der Waals surface area (Å²) in [7, 11) is 1.58. The van der Waals surface area contributed by atoms with Crippen molar-refractivity contribution in [3.8, 4) is 11.5 Å². The van der Waals surface area contributed by atoms with E-state index >= 15 is 0 Å². The van der Waals surface area contributed by atoms with Gasteiger partial charge in [-0.05, 0) is 86.2 Å². The number of carbonyl (C=O) groups excluding carboxylic acids is 2. The second-order valence-corrected chi connectivity index (χ2v) is 8.76. The minimum absolute atomic E-state index is 0.0367. The number of nitrogens with zero attached hydrogens (tertiary/aromatic N) is 1. The SMILES string of the molecule is COc1cc(C(=O)Nc2ccc(C(=O)N3CCc4ccccc43)cc2)ccc1OC1CCCC1. The molecule has 0 bridgehead atoms. The van der Waals surface area contributed by atoms with Crippen LogP contribution in [0.2, 0.25) is 0 Å². The first-order valence-corrected chi connectivity index (χ1v) is 11.8. The van der Waals surface area contributed by atoms with E-state index in [2.05, 4.69) is 11.4 Å². The Morgan fingerprint density at radius 1 is 0.912 bits per heavy atom. The molecule has 3 aromatic carbocycles. The summed E-state index contributed by atoms with van der Waals surface area (Å²) in [5.41, 5.74) is 3.84. The number of para-hydroxylation sites is 1. The maximum absolute atomic E-state index is 13.0. The number of nitrogens with one attached hydrogen (secondary N) is 1. The molecule has 174 valence electrons. The Bertz CT molecular complexity index is 1200. The highest BCUT2D eigenvalue weighted by Gasteiger charge is 2.25. The van der Waals surface area contributed by atoms with Crippen molar-refractivity contribution in [3.63, 3.8) is 0 Å². The lowest BCUT2D eigenvalue weighted by Crippen LogP contribution is -2.28. The van der Waals surface area contributed by atoms with Gasteiger partial charge in [0.1, 0.15) is 0 Å². The Labute approximate surface area is 199 Å². The molecule has 0 saturated heterocycles. The zero-order valence-corrected chi connectivity index (χ0v) is 19.3. The molecular weight excluding hydrogens is 428 g/mol. The van der Waals surface area contributed by atoms with Crippen LogP contribution in [0.4, 0.5) is 11.4 Å². The van der Waals surface area contributed by atoms with Gasteiger partial charge in [-0.3, -0.25) is 9.59 Å². The Balaban J connectivity index is 1.25. The maximum atomic E-state index is 13.0. The molecular formula is C28H28N2O4. The number of hydrogen-bond acceptors (Lipinski definition) is 4. The van der Waals surface area contributed by atoms with Crippen LogP contribution in [-0.4, -0.2) is 31.6 Å². The molecule has 2 amide bonds. The summed E-state index contributed by atoms with van der Waals surface area (Å²) in [5.74, 6) is 0.923. The fourth-order valence-corrected chi connectivity index (χ4v) is 4.70. The summed E-state index contributed by atoms with van der Waals surface area (Å²) >= 11 is 0. The Kier molecular flexibility index (Phi) is 6.21. The quantitative estimate of drug-likeness (QED) is 0.534. The number of ether oxygens (including phenoxy) is 2. The van der Waals surface area contributed by atoms with E-state index in [-0.39, 0.29) is 17.9 Å². The molecule has 6 heteroatoms. The molecule has 1 fully saturated rings. The summed E-state index contributed by atoms with van der Waals surface area (Å²) < 4.78 is 11.5. The van der Waals surface area contributed by atoms with E-state index in [9.17, 15) is 9.59 Å². The number of fused-ring (bicyclic) bond motifs is 1. The summed E-state index contributed by atoms with van der Waals surface area (Å²) in [4.78, 5) is 27.6. The van der Waals surface area contributed by atoms with Gasteiger partial charge in [-0.25, -0.2) is 0 Å². The molecule has 0 aromatic heterocycles. The van der Waals surface area contributed by atoms with Crippen LogP contribution in [0.1, 0.15) is 52.0 Å². The monoisotopic (exact) mass is 456 g/mol. The van der Waals surface area contributed by atoms with Crippen LogP contribution in [0.5, 0.6) is 11.5 Å². The molecule has 1 aliphatic carbocycles. The predicted molar refractivity (Wildman–Crippen MR) is 132 cm³/mol. The van der Waals surface area contributed by atoms with Gasteiger partial charge in [-0.2, -0.15) is 0 Å². The van der Waals surface area contributed by atoms with Crippen molar-refractivity contribution in [1.29, 1.82) is 0 Å². The van der Waals surface area contributed by atoms with Gasteiger partial charge in [0.2, 0.25) is 0 Å². The van der Waals surface area contributed by atoms with Crippen LogP contribution in [0.3, 0.4) is 0 Å². The smallest absolute Gasteiger partial charge is 0.258 e. The zero-order chi connectivity index (χ0) is 23.5. The highest BCUT2D eigenvalue weighted by molar-refractivity contribution is 6.08. The second kappa shape index (κ2) is 9.59. The lowest BCUT2D eigenvalue weighted by Gasteiger charge is -2.18. The molecule has 0 unspecified atom stereocenters. The molecule has 34 heavy (non-hydrogen) atoms. The first-order chi connectivity index (χ1) is 16.6. The summed E-state index contributed by atoms with van der Waals surface area (Å²) in [6.07, 6.45) is 5.54. The van der Waals surface area contributed by atoms with Gasteiger partial charge >= 0.3 is 0 Å². The fraction of sp³-hybridized carbons (Fsp3) is 0.286. The van der Waals surface area contributed by atoms with Crippen molar-refractivity contribution >= 4 is 23.2 Å². The van der Waals surface area contributed by atoms with Crippen molar-refractivity contribution < 1.29 is 19.1 Å². The maximum Gasteiger partial charge on any atom is 0.258 e. The third-order valence-corrected chi connectivity index (χ3v) is 6.54. The molecule has 1 aliphatic heterocycles. The number of hydrogen-bond donors (Lipinski definition) is 1. The number of carbonyl (C=O) groups is 2. The van der Waals surface area contributed by atoms with Crippen molar-refractivity contribution in [3.05, 3.63) is 83.4 Å². The molecule has 1 heterocycles. The normalized spacial score (nSPS) is 15.1. The van der Waals surface area contributed by atoms with Gasteiger partial charge in [-0.1, -0.05) is 18.2 Å². The molecule has 1 saturated carbocycles. The number of anilines is 2. The van der Waals surface area contributed by atoms with Crippen LogP contribution in [0.25, 0.3) is 0 Å². The highest BCUT2D eigenvalue weighted by atomic mass is 16.5. The Morgan fingerprint density at radius 3 is 2.41 bits per heavy atom. The van der Waals surface area contributed by atoms with Crippen molar-refractivity contribution in [2.24, 2.45) is 0 Å². The van der Waals surface area contributed by atoms with E-state index in [1.165, 1.54) is 18.4 Å². The van der Waals surface area contributed by atoms with Crippen molar-refractivity contribution in [2.75, 3.05) is 23.9 Å². The van der Waals surface area contributed by atoms with Gasteiger partial charge in [0, 0.05) is 29.0 Å². The van der Waals surface area contributed by atoms with Crippen LogP contribution in [0.15, 0.2) is 66.7 Å². The van der Waals surface area contributed by atoms with Gasteiger partial charge in [0.25, 0.3) is 11.8 Å². The average molecular weight is 457 g/mol. The number of benzene rings is 3. The molecule has 3 aromatic rings. The van der Waals surface area contributed by atoms with E-state index < -0.39 is 0 Å². The van der Waals surface area contributed by atoms with Gasteiger partial charge in [-0.15, -0.1) is 0 Å². The standard InChI is InChI=1S/C28H28N2O4/c1-33-26-18-21(12-15-25(26)34-23-7-3-4-8-23)27(31)29-22-13-10-20(11-14-22)28(32)30-17-16-19-6-2-5-9-24(19)30/h2,5-6,9-15,18,23H,3-4,7-8,16-17H2,1H3,(H,29,31). The Hall–Kier alpha value is -3.80. The topological polar surface area (TPSA) is 67.9 Å². The molecule has 0 radical (unpaired) electrons. The third kappa shape index (κ3) is 4.49. The van der Waals surface area contributed by atoms with Gasteiger partial charge in [0.05, 0.1) is 13.2 Å². The van der Waals surface area contributed by atoms with E-state index in [1.54, 1.807) is 49.6 Å². The number of amides is 2. The van der Waals surface area contributed by atoms with E-state index in [0.29, 0.717) is 34.9 Å². The second-order valence-electron chi connectivity index (χ2n) is 8.76. The summed E-state index contributed by atoms with van der Waals surface area (Å²) in [5, 5.41) is 2.89. The molecule has 2 aliphatic rings. The largest absolute Gasteiger partial charge is 0.493 e. The fourth-order valence-electron chi connectivity index (χ4n) is 4.70. The van der Waals surface area contributed by atoms with E-state index in [1.807, 2.05) is 23.1 Å². The first kappa shape index (κ1) is 22.0. The van der Waals surface area contributed by atoms with Crippen LogP contribution >= 0.6 is 0 Å². The minimum Gasteiger partial charge on any atom is -0.493 e. The molecule has 5 rings (SSSR count). The van der Waals surface area contributed by atoms with Crippen molar-refractivity contribution in [2.45, 2.75) is 38.2 Å². The highest BCUT2D eigenvalue weighted by Crippen LogP contribution is 2.33. The van der Waals surface area contributed by atoms with Crippen LogP contribution < -0.4 is 19.7 Å². The molecule has 0 spiro atoms. The molecule has 0 atom stereocenters. The predicted octanol–water partition coefficient (Wildman–Crippen LogP) is 5.47. The lowest BCUT2D eigenvalue weighted by atomic mass is 10.1. The van der Waals surface area contributed by atoms with E-state index in [4.69, 9.17) is 9.47 Å². The van der Waals surface area contributed by atoms with Gasteiger partial charge in [0.15, 0.2) is 11.5 Å². The molecule has 6 nitrogen and oxygen atoms in total. The third-order valence-electron chi connectivity index (χ3n) is 6.54. The molecule has 1 N–H and O–H groups in total. The first-order valence-electron chi connectivity index (χ1n) is 11.8. The number of rotatable bonds is 6. The van der Waals surface area contributed by atoms with Gasteiger partial charge < -0.3 is 19.7 Å². The number of methoxy groups -OCH3 is 1. The zero-order valence-electron chi connectivity index (χ0n) is 19.3. The van der Waals surface area contributed by atoms with E-state index in [0.717, 1.165) is 24.9 Å².